The van der Waals surface area contributed by atoms with Gasteiger partial charge >= 0.3 is 0 Å². The number of rotatable bonds is 5. The molecule has 0 unspecified atom stereocenters. The van der Waals surface area contributed by atoms with Gasteiger partial charge in [-0.2, -0.15) is 0 Å². The summed E-state index contributed by atoms with van der Waals surface area (Å²) in [5, 5.41) is 2.46. The molecule has 0 atom stereocenters. The monoisotopic (exact) mass is 671 g/mol. The molecule has 7 aromatic carbocycles. The predicted octanol–water partition coefficient (Wildman–Crippen LogP) is 12.1. The number of hydrogen-bond acceptors (Lipinski definition) is 5. The van der Waals surface area contributed by atoms with Crippen LogP contribution in [0.1, 0.15) is 5.56 Å². The number of hydrogen-bond donors (Lipinski definition) is 0. The van der Waals surface area contributed by atoms with E-state index in [1.807, 2.05) is 6.07 Å². The van der Waals surface area contributed by atoms with Crippen molar-refractivity contribution in [1.29, 1.82) is 0 Å². The lowest BCUT2D eigenvalue weighted by Gasteiger charge is -2.23. The van der Waals surface area contributed by atoms with Crippen LogP contribution in [-0.4, -0.2) is 15.0 Å². The molecular weight excluding hydrogens is 643 g/mol. The van der Waals surface area contributed by atoms with Crippen LogP contribution in [0.3, 0.4) is 0 Å². The zero-order valence-corrected chi connectivity index (χ0v) is 28.3. The van der Waals surface area contributed by atoms with Crippen molar-refractivity contribution in [2.45, 2.75) is 6.61 Å². The molecule has 0 N–H and O–H groups in total. The van der Waals surface area contributed by atoms with E-state index in [2.05, 4.69) is 158 Å². The summed E-state index contributed by atoms with van der Waals surface area (Å²) >= 11 is 1.78. The fraction of sp³-hybridized carbons (Fsp3) is 0.0217. The van der Waals surface area contributed by atoms with E-state index in [1.165, 1.54) is 36.9 Å². The topological polar surface area (TPSA) is 47.9 Å². The molecule has 9 aromatic rings. The summed E-state index contributed by atoms with van der Waals surface area (Å²) in [6.07, 6.45) is 0. The highest BCUT2D eigenvalue weighted by atomic mass is 32.1. The molecule has 0 radical (unpaired) electrons. The number of aromatic nitrogens is 3. The molecule has 2 aromatic heterocycles. The summed E-state index contributed by atoms with van der Waals surface area (Å²) in [5.41, 5.74) is 11.0. The Morgan fingerprint density at radius 1 is 0.412 bits per heavy atom. The number of ether oxygens (including phenoxy) is 1. The van der Waals surface area contributed by atoms with Crippen molar-refractivity contribution in [1.82, 2.24) is 15.0 Å². The molecule has 0 saturated carbocycles. The standard InChI is InChI=1S/C46H29N3OS/c1-2-10-29(11-3-1)30-20-24-32(25-21-30)44-47-45(49-46(48-44)39-17-8-16-38-37-14-6-7-19-41(37)51-43(38)39)33-26-22-31(23-27-33)35-15-9-18-40-42(35)36-13-5-4-12-34(36)28-50-40/h1-27H,28H2. The minimum atomic E-state index is 0.583. The molecule has 4 nitrogen and oxygen atoms in total. The van der Waals surface area contributed by atoms with Crippen molar-refractivity contribution >= 4 is 31.5 Å². The smallest absolute Gasteiger partial charge is 0.165 e. The minimum Gasteiger partial charge on any atom is -0.488 e. The molecule has 0 fully saturated rings. The Morgan fingerprint density at radius 3 is 1.78 bits per heavy atom. The van der Waals surface area contributed by atoms with Gasteiger partial charge in [-0.05, 0) is 51.6 Å². The second-order valence-electron chi connectivity index (χ2n) is 12.7. The second-order valence-corrected chi connectivity index (χ2v) is 13.8. The molecule has 10 rings (SSSR count). The highest BCUT2D eigenvalue weighted by Crippen LogP contribution is 2.44. The fourth-order valence-electron chi connectivity index (χ4n) is 7.13. The van der Waals surface area contributed by atoms with Crippen molar-refractivity contribution in [2.75, 3.05) is 0 Å². The van der Waals surface area contributed by atoms with E-state index in [0.29, 0.717) is 24.1 Å². The van der Waals surface area contributed by atoms with Crippen LogP contribution >= 0.6 is 11.3 Å². The van der Waals surface area contributed by atoms with Gasteiger partial charge in [0.25, 0.3) is 0 Å². The molecular formula is C46H29N3OS. The van der Waals surface area contributed by atoms with Crippen LogP contribution < -0.4 is 4.74 Å². The SMILES string of the molecule is c1ccc(-c2ccc(-c3nc(-c4ccc(-c5cccc6c5-c5ccccc5CO6)cc4)nc(-c4cccc5c4sc4ccccc45)n3)cc2)cc1. The van der Waals surface area contributed by atoms with Crippen molar-refractivity contribution < 1.29 is 4.74 Å². The summed E-state index contributed by atoms with van der Waals surface area (Å²) in [7, 11) is 0. The lowest BCUT2D eigenvalue weighted by atomic mass is 9.89. The summed E-state index contributed by atoms with van der Waals surface area (Å²) < 4.78 is 8.59. The van der Waals surface area contributed by atoms with Gasteiger partial charge in [-0.25, -0.2) is 15.0 Å². The van der Waals surface area contributed by atoms with Gasteiger partial charge in [0.2, 0.25) is 0 Å². The maximum absolute atomic E-state index is 6.17. The number of nitrogens with zero attached hydrogens (tertiary/aromatic N) is 3. The molecule has 0 bridgehead atoms. The van der Waals surface area contributed by atoms with Gasteiger partial charge in [0.1, 0.15) is 12.4 Å². The molecule has 0 amide bonds. The minimum absolute atomic E-state index is 0.583. The molecule has 0 aliphatic carbocycles. The van der Waals surface area contributed by atoms with E-state index in [0.717, 1.165) is 44.7 Å². The van der Waals surface area contributed by atoms with Crippen molar-refractivity contribution in [3.8, 4) is 73.3 Å². The Balaban J connectivity index is 1.10. The van der Waals surface area contributed by atoms with Crippen LogP contribution in [0, 0.1) is 0 Å². The highest BCUT2D eigenvalue weighted by molar-refractivity contribution is 7.26. The predicted molar refractivity (Wildman–Crippen MR) is 210 cm³/mol. The molecule has 5 heteroatoms. The Kier molecular flexibility index (Phi) is 7.03. The van der Waals surface area contributed by atoms with Crippen LogP contribution in [0.5, 0.6) is 5.75 Å². The Hall–Kier alpha value is -6.43. The van der Waals surface area contributed by atoms with E-state index in [1.54, 1.807) is 11.3 Å². The average molecular weight is 672 g/mol. The molecule has 0 saturated heterocycles. The molecule has 51 heavy (non-hydrogen) atoms. The maximum atomic E-state index is 6.17. The lowest BCUT2D eigenvalue weighted by Crippen LogP contribution is -2.06. The van der Waals surface area contributed by atoms with Gasteiger partial charge in [-0.3, -0.25) is 0 Å². The van der Waals surface area contributed by atoms with Crippen molar-refractivity contribution in [3.05, 3.63) is 169 Å². The number of benzene rings is 7. The van der Waals surface area contributed by atoms with Crippen LogP contribution in [0.15, 0.2) is 164 Å². The van der Waals surface area contributed by atoms with Gasteiger partial charge in [-0.15, -0.1) is 11.3 Å². The molecule has 3 heterocycles. The zero-order chi connectivity index (χ0) is 33.7. The first-order valence-corrected chi connectivity index (χ1v) is 17.9. The molecule has 240 valence electrons. The van der Waals surface area contributed by atoms with Crippen LogP contribution in [-0.2, 0) is 6.61 Å². The second kappa shape index (κ2) is 12.2. The number of fused-ring (bicyclic) bond motifs is 6. The molecule has 1 aliphatic rings. The van der Waals surface area contributed by atoms with Gasteiger partial charge in [0, 0.05) is 42.4 Å². The first-order valence-electron chi connectivity index (χ1n) is 17.0. The lowest BCUT2D eigenvalue weighted by molar-refractivity contribution is 0.302. The van der Waals surface area contributed by atoms with E-state index in [-0.39, 0.29) is 0 Å². The Bertz CT molecular complexity index is 2740. The Morgan fingerprint density at radius 2 is 0.980 bits per heavy atom. The zero-order valence-electron chi connectivity index (χ0n) is 27.5. The first kappa shape index (κ1) is 29.5. The largest absolute Gasteiger partial charge is 0.488 e. The summed E-state index contributed by atoms with van der Waals surface area (Å²) in [5.74, 6) is 2.85. The van der Waals surface area contributed by atoms with E-state index in [4.69, 9.17) is 19.7 Å². The van der Waals surface area contributed by atoms with Gasteiger partial charge < -0.3 is 4.74 Å². The maximum Gasteiger partial charge on any atom is 0.165 e. The average Bonchev–Trinajstić information content (AvgIpc) is 3.60. The van der Waals surface area contributed by atoms with Crippen LogP contribution in [0.25, 0.3) is 87.7 Å². The van der Waals surface area contributed by atoms with Gasteiger partial charge in [0.05, 0.1) is 0 Å². The van der Waals surface area contributed by atoms with E-state index >= 15 is 0 Å². The van der Waals surface area contributed by atoms with Crippen molar-refractivity contribution in [3.63, 3.8) is 0 Å². The van der Waals surface area contributed by atoms with Crippen LogP contribution in [0.4, 0.5) is 0 Å². The van der Waals surface area contributed by atoms with Gasteiger partial charge in [-0.1, -0.05) is 146 Å². The molecule has 1 aliphatic heterocycles. The fourth-order valence-corrected chi connectivity index (χ4v) is 8.35. The third-order valence-corrected chi connectivity index (χ3v) is 10.9. The summed E-state index contributed by atoms with van der Waals surface area (Å²) in [4.78, 5) is 15.4. The summed E-state index contributed by atoms with van der Waals surface area (Å²) in [6.45, 7) is 0.583. The third-order valence-electron chi connectivity index (χ3n) is 9.68. The highest BCUT2D eigenvalue weighted by Gasteiger charge is 2.21. The summed E-state index contributed by atoms with van der Waals surface area (Å²) in [6, 6.07) is 57.2. The third kappa shape index (κ3) is 5.18. The van der Waals surface area contributed by atoms with Crippen LogP contribution in [0.2, 0.25) is 0 Å². The first-order chi connectivity index (χ1) is 25.3. The van der Waals surface area contributed by atoms with Gasteiger partial charge in [0.15, 0.2) is 17.5 Å². The normalized spacial score (nSPS) is 12.0. The van der Waals surface area contributed by atoms with E-state index < -0.39 is 0 Å². The Labute approximate surface area is 299 Å². The van der Waals surface area contributed by atoms with Crippen molar-refractivity contribution in [2.24, 2.45) is 0 Å². The van der Waals surface area contributed by atoms with E-state index in [9.17, 15) is 0 Å². The quantitative estimate of drug-likeness (QED) is 0.183. The molecule has 0 spiro atoms. The number of thiophene rings is 1.